The number of carbonyl (C=O) groups excluding carboxylic acids is 1. The average Bonchev–Trinajstić information content (AvgIpc) is 2.15. The Hall–Kier alpha value is -0.237. The number of ketones is 1. The minimum atomic E-state index is -1.86. The Morgan fingerprint density at radius 3 is 2.73 bits per heavy atom. The monoisotopic (exact) mass is 334 g/mol. The predicted molar refractivity (Wildman–Crippen MR) is 59.5 cm³/mol. The van der Waals surface area contributed by atoms with Crippen LogP contribution in [0, 0.1) is 0 Å². The molecule has 0 fully saturated rings. The summed E-state index contributed by atoms with van der Waals surface area (Å²) in [5, 5.41) is 0. The zero-order valence-electron chi connectivity index (χ0n) is 8.02. The molecule has 0 aliphatic carbocycles. The molecular formula is C10H10Cl2O2Ru. The van der Waals surface area contributed by atoms with Crippen molar-refractivity contribution in [3.63, 3.8) is 0 Å². The number of rotatable bonds is 4. The fraction of sp³-hybridized carbons (Fsp3) is 0.200. The fourth-order valence-corrected chi connectivity index (χ4v) is 2.77. The van der Waals surface area contributed by atoms with Crippen LogP contribution in [0.15, 0.2) is 24.3 Å². The van der Waals surface area contributed by atoms with Gasteiger partial charge in [0.25, 0.3) is 0 Å². The molecule has 0 spiro atoms. The summed E-state index contributed by atoms with van der Waals surface area (Å²) in [5.74, 6) is 0.628. The van der Waals surface area contributed by atoms with Gasteiger partial charge in [-0.25, -0.2) is 0 Å². The molecule has 0 saturated heterocycles. The zero-order valence-corrected chi connectivity index (χ0v) is 11.3. The summed E-state index contributed by atoms with van der Waals surface area (Å²) in [5.41, 5.74) is 0.850. The Labute approximate surface area is 102 Å². The molecule has 0 heterocycles. The van der Waals surface area contributed by atoms with E-state index in [0.717, 1.165) is 5.56 Å². The van der Waals surface area contributed by atoms with Crippen LogP contribution in [0.3, 0.4) is 0 Å². The van der Waals surface area contributed by atoms with Gasteiger partial charge in [0.05, 0.1) is 0 Å². The summed E-state index contributed by atoms with van der Waals surface area (Å²) in [7, 11) is 11.6. The van der Waals surface area contributed by atoms with Gasteiger partial charge in [-0.1, -0.05) is 0 Å². The number of hydrogen-bond donors (Lipinski definition) is 0. The van der Waals surface area contributed by atoms with Gasteiger partial charge < -0.3 is 0 Å². The van der Waals surface area contributed by atoms with E-state index in [2.05, 4.69) is 0 Å². The first-order chi connectivity index (χ1) is 7.09. The van der Waals surface area contributed by atoms with Crippen LogP contribution < -0.4 is 4.74 Å². The van der Waals surface area contributed by atoms with Gasteiger partial charge in [-0.15, -0.1) is 0 Å². The molecule has 1 aromatic carbocycles. The number of hydrogen-bond acceptors (Lipinski definition) is 2. The summed E-state index contributed by atoms with van der Waals surface area (Å²) >= 11 is -1.86. The molecule has 1 aromatic rings. The summed E-state index contributed by atoms with van der Waals surface area (Å²) in [6.07, 6.45) is 0. The molecule has 1 rings (SSSR count). The molecule has 0 aromatic heterocycles. The Bertz CT molecular complexity index is 387. The van der Waals surface area contributed by atoms with Crippen molar-refractivity contribution in [2.24, 2.45) is 0 Å². The topological polar surface area (TPSA) is 26.3 Å². The van der Waals surface area contributed by atoms with Crippen molar-refractivity contribution in [3.8, 4) is 5.75 Å². The molecule has 0 radical (unpaired) electrons. The molecule has 5 heteroatoms. The third-order valence-corrected chi connectivity index (χ3v) is 3.37. The third-order valence-electron chi connectivity index (χ3n) is 1.54. The molecular weight excluding hydrogens is 324 g/mol. The number of carbonyl (C=O) groups is 1. The van der Waals surface area contributed by atoms with Crippen molar-refractivity contribution < 1.29 is 23.0 Å². The molecule has 0 N–H and O–H groups in total. The minimum absolute atomic E-state index is 0.0178. The van der Waals surface area contributed by atoms with E-state index in [0.29, 0.717) is 5.75 Å². The van der Waals surface area contributed by atoms with Crippen LogP contribution in [0.5, 0.6) is 5.75 Å². The van der Waals surface area contributed by atoms with E-state index in [1.165, 1.54) is 6.92 Å². The molecule has 0 bridgehead atoms. The Morgan fingerprint density at radius 2 is 2.13 bits per heavy atom. The van der Waals surface area contributed by atoms with Gasteiger partial charge in [0, 0.05) is 0 Å². The first-order valence-electron chi connectivity index (χ1n) is 4.14. The second-order valence-electron chi connectivity index (χ2n) is 2.84. The predicted octanol–water partition coefficient (Wildman–Crippen LogP) is 2.73. The fourth-order valence-electron chi connectivity index (χ4n) is 0.959. The van der Waals surface area contributed by atoms with Crippen molar-refractivity contribution in [1.82, 2.24) is 0 Å². The van der Waals surface area contributed by atoms with Crippen LogP contribution in [-0.2, 0) is 18.3 Å². The number of halogens is 2. The number of Topliss-reactive ketones (excluding diaryl/α,β-unsaturated/α-hetero) is 1. The van der Waals surface area contributed by atoms with E-state index < -0.39 is 13.5 Å². The van der Waals surface area contributed by atoms with E-state index in [-0.39, 0.29) is 12.4 Å². The van der Waals surface area contributed by atoms with E-state index in [1.54, 1.807) is 10.7 Å². The van der Waals surface area contributed by atoms with Crippen LogP contribution in [0.25, 0.3) is 0 Å². The third kappa shape index (κ3) is 4.88. The van der Waals surface area contributed by atoms with Crippen LogP contribution >= 0.6 is 19.4 Å². The molecule has 0 aliphatic heterocycles. The first kappa shape index (κ1) is 12.8. The Balaban J connectivity index is 2.86. The van der Waals surface area contributed by atoms with Gasteiger partial charge in [0.15, 0.2) is 0 Å². The Morgan fingerprint density at radius 1 is 1.47 bits per heavy atom. The Kier molecular flexibility index (Phi) is 5.45. The van der Waals surface area contributed by atoms with Crippen molar-refractivity contribution in [2.75, 3.05) is 6.61 Å². The van der Waals surface area contributed by atoms with Crippen LogP contribution in [-0.4, -0.2) is 17.0 Å². The van der Waals surface area contributed by atoms with E-state index in [1.807, 2.05) is 18.2 Å². The number of ether oxygens (including phenoxy) is 1. The van der Waals surface area contributed by atoms with Gasteiger partial charge in [-0.2, -0.15) is 0 Å². The van der Waals surface area contributed by atoms with E-state index in [9.17, 15) is 4.79 Å². The van der Waals surface area contributed by atoms with Crippen molar-refractivity contribution in [1.29, 1.82) is 0 Å². The van der Waals surface area contributed by atoms with Gasteiger partial charge in [-0.3, -0.25) is 0 Å². The van der Waals surface area contributed by atoms with Gasteiger partial charge in [0.1, 0.15) is 0 Å². The van der Waals surface area contributed by atoms with E-state index in [4.69, 9.17) is 24.1 Å². The van der Waals surface area contributed by atoms with E-state index >= 15 is 0 Å². The molecule has 15 heavy (non-hydrogen) atoms. The van der Waals surface area contributed by atoms with Gasteiger partial charge in [0.2, 0.25) is 0 Å². The van der Waals surface area contributed by atoms with Crippen LogP contribution in [0.1, 0.15) is 12.5 Å². The summed E-state index contributed by atoms with van der Waals surface area (Å²) in [6.45, 7) is 1.55. The molecule has 0 amide bonds. The normalized spacial score (nSPS) is 10.7. The van der Waals surface area contributed by atoms with Gasteiger partial charge >= 0.3 is 102 Å². The molecule has 2 nitrogen and oxygen atoms in total. The van der Waals surface area contributed by atoms with Crippen LogP contribution in [0.4, 0.5) is 0 Å². The summed E-state index contributed by atoms with van der Waals surface area (Å²) in [6, 6.07) is 7.37. The standard InChI is InChI=1S/C10H10O2.2ClH.Ru/c1-8-5-3-4-6-10(8)12-7-9(2)11;;;/h1,3-6H,7H2,2H3;2*1H;/q;;;+2/p-2. The van der Waals surface area contributed by atoms with Crippen molar-refractivity contribution in [2.45, 2.75) is 6.92 Å². The molecule has 0 aliphatic rings. The molecule has 0 saturated carbocycles. The average molecular weight is 334 g/mol. The molecule has 84 valence electrons. The maximum absolute atomic E-state index is 10.8. The summed E-state index contributed by atoms with van der Waals surface area (Å²) < 4.78 is 7.12. The van der Waals surface area contributed by atoms with Gasteiger partial charge in [-0.05, 0) is 0 Å². The SMILES string of the molecule is CC(=O)COc1ccccc1[CH]=[Ru]([Cl])[Cl]. The quantitative estimate of drug-likeness (QED) is 0.792. The zero-order chi connectivity index (χ0) is 11.3. The molecule has 0 atom stereocenters. The molecule has 0 unspecified atom stereocenters. The second kappa shape index (κ2) is 6.37. The van der Waals surface area contributed by atoms with Crippen molar-refractivity contribution in [3.05, 3.63) is 29.8 Å². The van der Waals surface area contributed by atoms with Crippen molar-refractivity contribution >= 4 is 29.8 Å². The maximum atomic E-state index is 10.8. The van der Waals surface area contributed by atoms with Crippen LogP contribution in [0.2, 0.25) is 0 Å². The second-order valence-corrected chi connectivity index (χ2v) is 8.56. The summed E-state index contributed by atoms with van der Waals surface area (Å²) in [4.78, 5) is 10.8. The number of benzene rings is 1. The first-order valence-corrected chi connectivity index (χ1v) is 9.62. The number of para-hydroxylation sites is 1.